The lowest BCUT2D eigenvalue weighted by Gasteiger charge is -2.13. The Morgan fingerprint density at radius 2 is 1.96 bits per heavy atom. The Morgan fingerprint density at radius 1 is 1.19 bits per heavy atom. The molecule has 3 rings (SSSR count). The van der Waals surface area contributed by atoms with Crippen molar-refractivity contribution < 1.29 is 22.7 Å². The molecule has 1 N–H and O–H groups in total. The van der Waals surface area contributed by atoms with Crippen molar-refractivity contribution in [3.05, 3.63) is 52.4 Å². The number of ether oxygens (including phenoxy) is 2. The van der Waals surface area contributed by atoms with E-state index in [2.05, 4.69) is 4.72 Å². The van der Waals surface area contributed by atoms with Gasteiger partial charge in [0.15, 0.2) is 0 Å². The Kier molecular flexibility index (Phi) is 5.59. The summed E-state index contributed by atoms with van der Waals surface area (Å²) in [6.45, 7) is 2.09. The lowest BCUT2D eigenvalue weighted by Crippen LogP contribution is -2.14. The number of hydrogen-bond acceptors (Lipinski definition) is 6. The lowest BCUT2D eigenvalue weighted by molar-refractivity contribution is 0.0606. The van der Waals surface area contributed by atoms with Gasteiger partial charge < -0.3 is 9.47 Å². The fourth-order valence-electron chi connectivity index (χ4n) is 2.48. The van der Waals surface area contributed by atoms with E-state index < -0.39 is 16.0 Å². The first-order valence-corrected chi connectivity index (χ1v) is 10.6. The van der Waals surface area contributed by atoms with Gasteiger partial charge in [-0.3, -0.25) is 4.72 Å². The molecule has 0 aliphatic heterocycles. The molecule has 6 nitrogen and oxygen atoms in total. The van der Waals surface area contributed by atoms with E-state index in [0.717, 1.165) is 10.1 Å². The van der Waals surface area contributed by atoms with Crippen LogP contribution >= 0.6 is 22.9 Å². The van der Waals surface area contributed by atoms with E-state index in [4.69, 9.17) is 21.1 Å². The summed E-state index contributed by atoms with van der Waals surface area (Å²) in [6.07, 6.45) is 0. The molecule has 0 fully saturated rings. The standard InChI is InChI=1S/C18H16ClNO5S2/c1-3-25-14-6-4-12(19)10-17(14)27(22,23)20-13-5-7-15-11(8-13)9-16(26-15)18(21)24-2/h4-10,20H,3H2,1-2H3. The number of sulfonamides is 1. The summed E-state index contributed by atoms with van der Waals surface area (Å²) in [5, 5.41) is 1.02. The van der Waals surface area contributed by atoms with E-state index >= 15 is 0 Å². The molecule has 27 heavy (non-hydrogen) atoms. The lowest BCUT2D eigenvalue weighted by atomic mass is 10.2. The van der Waals surface area contributed by atoms with Crippen LogP contribution in [0.5, 0.6) is 5.75 Å². The fraction of sp³-hybridized carbons (Fsp3) is 0.167. The van der Waals surface area contributed by atoms with Crippen molar-refractivity contribution >= 4 is 54.7 Å². The highest BCUT2D eigenvalue weighted by molar-refractivity contribution is 7.92. The van der Waals surface area contributed by atoms with Crippen molar-refractivity contribution in [1.82, 2.24) is 0 Å². The van der Waals surface area contributed by atoms with Crippen molar-refractivity contribution in [2.24, 2.45) is 0 Å². The van der Waals surface area contributed by atoms with E-state index in [1.165, 1.54) is 30.6 Å². The smallest absolute Gasteiger partial charge is 0.348 e. The number of thiophene rings is 1. The number of halogens is 1. The molecule has 0 aliphatic rings. The number of rotatable bonds is 6. The van der Waals surface area contributed by atoms with Gasteiger partial charge >= 0.3 is 5.97 Å². The highest BCUT2D eigenvalue weighted by Gasteiger charge is 2.21. The summed E-state index contributed by atoms with van der Waals surface area (Å²) in [6, 6.07) is 11.1. The van der Waals surface area contributed by atoms with E-state index in [1.54, 1.807) is 37.3 Å². The van der Waals surface area contributed by atoms with Crippen LogP contribution in [0.15, 0.2) is 47.4 Å². The molecule has 0 spiro atoms. The van der Waals surface area contributed by atoms with Crippen molar-refractivity contribution in [3.63, 3.8) is 0 Å². The molecule has 0 radical (unpaired) electrons. The second-order valence-electron chi connectivity index (χ2n) is 5.48. The Bertz CT molecular complexity index is 1110. The number of hydrogen-bond donors (Lipinski definition) is 1. The molecule has 0 unspecified atom stereocenters. The molecule has 0 saturated heterocycles. The minimum Gasteiger partial charge on any atom is -0.492 e. The average molecular weight is 426 g/mol. The van der Waals surface area contributed by atoms with Crippen LogP contribution in [-0.4, -0.2) is 28.1 Å². The average Bonchev–Trinajstić information content (AvgIpc) is 3.05. The number of nitrogens with one attached hydrogen (secondary N) is 1. The van der Waals surface area contributed by atoms with Gasteiger partial charge in [0.25, 0.3) is 10.0 Å². The third kappa shape index (κ3) is 4.18. The third-order valence-electron chi connectivity index (χ3n) is 3.65. The van der Waals surface area contributed by atoms with Crippen LogP contribution in [0.1, 0.15) is 16.6 Å². The summed E-state index contributed by atoms with van der Waals surface area (Å²) in [7, 11) is -2.61. The van der Waals surface area contributed by atoms with Gasteiger partial charge in [-0.25, -0.2) is 13.2 Å². The Balaban J connectivity index is 1.96. The van der Waals surface area contributed by atoms with Gasteiger partial charge in [-0.05, 0) is 54.8 Å². The van der Waals surface area contributed by atoms with E-state index in [-0.39, 0.29) is 15.7 Å². The zero-order chi connectivity index (χ0) is 19.6. The topological polar surface area (TPSA) is 81.7 Å². The van der Waals surface area contributed by atoms with Crippen LogP contribution in [0, 0.1) is 0 Å². The summed E-state index contributed by atoms with van der Waals surface area (Å²) in [5.74, 6) is -0.211. The van der Waals surface area contributed by atoms with Gasteiger partial charge in [-0.1, -0.05) is 11.6 Å². The molecule has 0 amide bonds. The molecule has 0 bridgehead atoms. The molecule has 0 atom stereocenters. The minimum atomic E-state index is -3.92. The maximum absolute atomic E-state index is 12.8. The summed E-state index contributed by atoms with van der Waals surface area (Å²) in [4.78, 5) is 12.1. The first kappa shape index (κ1) is 19.5. The number of carbonyl (C=O) groups excluding carboxylic acids is 1. The normalized spacial score (nSPS) is 11.4. The maximum atomic E-state index is 12.8. The van der Waals surface area contributed by atoms with Crippen LogP contribution in [0.25, 0.3) is 10.1 Å². The molecule has 9 heteroatoms. The largest absolute Gasteiger partial charge is 0.492 e. The molecule has 142 valence electrons. The van der Waals surface area contributed by atoms with Gasteiger partial charge in [0, 0.05) is 15.4 Å². The second kappa shape index (κ2) is 7.75. The molecule has 0 saturated carbocycles. The van der Waals surface area contributed by atoms with Crippen molar-refractivity contribution in [1.29, 1.82) is 0 Å². The number of fused-ring (bicyclic) bond motifs is 1. The number of esters is 1. The van der Waals surface area contributed by atoms with Gasteiger partial charge in [0.2, 0.25) is 0 Å². The highest BCUT2D eigenvalue weighted by atomic mass is 35.5. The Hall–Kier alpha value is -2.29. The minimum absolute atomic E-state index is 0.0440. The molecule has 3 aromatic rings. The SMILES string of the molecule is CCOc1ccc(Cl)cc1S(=O)(=O)Nc1ccc2sc(C(=O)OC)cc2c1. The Morgan fingerprint density at radius 3 is 2.67 bits per heavy atom. The maximum Gasteiger partial charge on any atom is 0.348 e. The van der Waals surface area contributed by atoms with Gasteiger partial charge in [0.1, 0.15) is 15.5 Å². The third-order valence-corrected chi connectivity index (χ3v) is 6.38. The predicted molar refractivity (Wildman–Crippen MR) is 107 cm³/mol. The van der Waals surface area contributed by atoms with Crippen molar-refractivity contribution in [2.75, 3.05) is 18.4 Å². The van der Waals surface area contributed by atoms with Gasteiger partial charge in [-0.2, -0.15) is 0 Å². The van der Waals surface area contributed by atoms with Crippen LogP contribution in [0.2, 0.25) is 5.02 Å². The van der Waals surface area contributed by atoms with Gasteiger partial charge in [-0.15, -0.1) is 11.3 Å². The van der Waals surface area contributed by atoms with Crippen LogP contribution in [-0.2, 0) is 14.8 Å². The van der Waals surface area contributed by atoms with Gasteiger partial charge in [0.05, 0.1) is 13.7 Å². The predicted octanol–water partition coefficient (Wildman–Crippen LogP) is 4.54. The number of methoxy groups -OCH3 is 1. The van der Waals surface area contributed by atoms with E-state index in [9.17, 15) is 13.2 Å². The van der Waals surface area contributed by atoms with Crippen LogP contribution in [0.3, 0.4) is 0 Å². The summed E-state index contributed by atoms with van der Waals surface area (Å²) >= 11 is 7.23. The first-order valence-electron chi connectivity index (χ1n) is 7.91. The highest BCUT2D eigenvalue weighted by Crippen LogP contribution is 2.32. The number of carbonyl (C=O) groups is 1. The molecular weight excluding hydrogens is 410 g/mol. The van der Waals surface area contributed by atoms with Crippen molar-refractivity contribution in [3.8, 4) is 5.75 Å². The van der Waals surface area contributed by atoms with Crippen LogP contribution < -0.4 is 9.46 Å². The molecule has 0 aliphatic carbocycles. The molecule has 2 aromatic carbocycles. The number of anilines is 1. The summed E-state index contributed by atoms with van der Waals surface area (Å²) in [5.41, 5.74) is 0.360. The monoisotopic (exact) mass is 425 g/mol. The molecular formula is C18H16ClNO5S2. The Labute approximate surface area is 165 Å². The zero-order valence-corrected chi connectivity index (χ0v) is 16.9. The zero-order valence-electron chi connectivity index (χ0n) is 14.5. The second-order valence-corrected chi connectivity index (χ2v) is 8.66. The van der Waals surface area contributed by atoms with E-state index in [0.29, 0.717) is 17.2 Å². The molecule has 1 aromatic heterocycles. The molecule has 1 heterocycles. The first-order chi connectivity index (χ1) is 12.8. The number of benzene rings is 2. The van der Waals surface area contributed by atoms with E-state index in [1.807, 2.05) is 0 Å². The fourth-order valence-corrected chi connectivity index (χ4v) is 4.90. The van der Waals surface area contributed by atoms with Crippen molar-refractivity contribution in [2.45, 2.75) is 11.8 Å². The summed E-state index contributed by atoms with van der Waals surface area (Å²) < 4.78 is 39.1. The quantitative estimate of drug-likeness (QED) is 0.586. The van der Waals surface area contributed by atoms with Crippen LogP contribution in [0.4, 0.5) is 5.69 Å².